The van der Waals surface area contributed by atoms with E-state index < -0.39 is 29.3 Å². The van der Waals surface area contributed by atoms with E-state index in [1.807, 2.05) is 0 Å². The maximum absolute atomic E-state index is 13.6. The SMILES string of the molecule is Cc1cc(C(F)(F)F)nn1-c1ccc(NCc2c(F)cc(F)cc2F)cc1. The van der Waals surface area contributed by atoms with E-state index in [9.17, 15) is 26.3 Å². The molecule has 27 heavy (non-hydrogen) atoms. The number of rotatable bonds is 4. The second-order valence-corrected chi connectivity index (χ2v) is 5.83. The molecule has 0 amide bonds. The molecule has 1 aromatic heterocycles. The number of anilines is 1. The van der Waals surface area contributed by atoms with Gasteiger partial charge in [-0.3, -0.25) is 0 Å². The molecule has 0 unspecified atom stereocenters. The summed E-state index contributed by atoms with van der Waals surface area (Å²) in [6, 6.07) is 8.20. The molecule has 9 heteroatoms. The zero-order valence-electron chi connectivity index (χ0n) is 13.9. The van der Waals surface area contributed by atoms with E-state index in [0.29, 0.717) is 29.2 Å². The summed E-state index contributed by atoms with van der Waals surface area (Å²) in [5.41, 5.74) is -0.142. The van der Waals surface area contributed by atoms with Gasteiger partial charge in [0.15, 0.2) is 5.69 Å². The Bertz CT molecular complexity index is 937. The zero-order valence-corrected chi connectivity index (χ0v) is 13.9. The van der Waals surface area contributed by atoms with Crippen molar-refractivity contribution >= 4 is 5.69 Å². The summed E-state index contributed by atoms with van der Waals surface area (Å²) in [7, 11) is 0. The second-order valence-electron chi connectivity index (χ2n) is 5.83. The second kappa shape index (κ2) is 6.98. The first-order valence-corrected chi connectivity index (χ1v) is 7.77. The molecule has 1 heterocycles. The van der Waals surface area contributed by atoms with Crippen LogP contribution >= 0.6 is 0 Å². The Kier molecular flexibility index (Phi) is 4.86. The molecule has 0 aliphatic carbocycles. The van der Waals surface area contributed by atoms with Crippen molar-refractivity contribution < 1.29 is 26.3 Å². The minimum absolute atomic E-state index is 0.226. The quantitative estimate of drug-likeness (QED) is 0.624. The van der Waals surface area contributed by atoms with Gasteiger partial charge in [0.05, 0.1) is 5.69 Å². The van der Waals surface area contributed by atoms with Crippen molar-refractivity contribution in [2.45, 2.75) is 19.6 Å². The van der Waals surface area contributed by atoms with Crippen molar-refractivity contribution in [2.75, 3.05) is 5.32 Å². The zero-order chi connectivity index (χ0) is 19.8. The fourth-order valence-electron chi connectivity index (χ4n) is 2.53. The third-order valence-corrected chi connectivity index (χ3v) is 3.86. The molecule has 3 nitrogen and oxygen atoms in total. The molecule has 0 aliphatic rings. The van der Waals surface area contributed by atoms with Gasteiger partial charge in [-0.15, -0.1) is 0 Å². The fourth-order valence-corrected chi connectivity index (χ4v) is 2.53. The van der Waals surface area contributed by atoms with Crippen molar-refractivity contribution in [3.63, 3.8) is 0 Å². The lowest BCUT2D eigenvalue weighted by Crippen LogP contribution is -2.08. The van der Waals surface area contributed by atoms with Crippen LogP contribution in [0.1, 0.15) is 17.0 Å². The highest BCUT2D eigenvalue weighted by Gasteiger charge is 2.34. The van der Waals surface area contributed by atoms with Crippen LogP contribution in [0.4, 0.5) is 32.0 Å². The summed E-state index contributed by atoms with van der Waals surface area (Å²) in [4.78, 5) is 0. The van der Waals surface area contributed by atoms with Gasteiger partial charge in [0.25, 0.3) is 0 Å². The first kappa shape index (κ1) is 18.8. The molecule has 0 spiro atoms. The average molecular weight is 385 g/mol. The first-order chi connectivity index (χ1) is 12.6. The maximum Gasteiger partial charge on any atom is 0.435 e. The molecule has 1 N–H and O–H groups in total. The van der Waals surface area contributed by atoms with E-state index >= 15 is 0 Å². The molecule has 0 saturated carbocycles. The van der Waals surface area contributed by atoms with Gasteiger partial charge in [0.1, 0.15) is 17.5 Å². The molecule has 0 fully saturated rings. The third-order valence-electron chi connectivity index (χ3n) is 3.86. The highest BCUT2D eigenvalue weighted by Crippen LogP contribution is 2.29. The molecule has 3 rings (SSSR count). The van der Waals surface area contributed by atoms with Crippen LogP contribution in [0.2, 0.25) is 0 Å². The number of alkyl halides is 3. The Hall–Kier alpha value is -2.97. The van der Waals surface area contributed by atoms with Crippen molar-refractivity contribution in [2.24, 2.45) is 0 Å². The van der Waals surface area contributed by atoms with Gasteiger partial charge in [0, 0.05) is 35.6 Å². The maximum atomic E-state index is 13.6. The Morgan fingerprint density at radius 3 is 2.07 bits per heavy atom. The molecule has 142 valence electrons. The third kappa shape index (κ3) is 4.07. The van der Waals surface area contributed by atoms with E-state index in [-0.39, 0.29) is 12.1 Å². The molecular weight excluding hydrogens is 372 g/mol. The Labute approximate surface area is 150 Å². The van der Waals surface area contributed by atoms with Gasteiger partial charge >= 0.3 is 6.18 Å². The molecule has 3 aromatic rings. The first-order valence-electron chi connectivity index (χ1n) is 7.77. The van der Waals surface area contributed by atoms with Gasteiger partial charge in [-0.05, 0) is 37.3 Å². The summed E-state index contributed by atoms with van der Waals surface area (Å²) >= 11 is 0. The number of aromatic nitrogens is 2. The predicted molar refractivity (Wildman–Crippen MR) is 86.9 cm³/mol. The van der Waals surface area contributed by atoms with Gasteiger partial charge in [-0.2, -0.15) is 18.3 Å². The molecule has 0 aliphatic heterocycles. The molecule has 0 radical (unpaired) electrons. The van der Waals surface area contributed by atoms with Crippen LogP contribution in [0.15, 0.2) is 42.5 Å². The van der Waals surface area contributed by atoms with Crippen LogP contribution in [0.25, 0.3) is 5.69 Å². The smallest absolute Gasteiger partial charge is 0.381 e. The highest BCUT2D eigenvalue weighted by atomic mass is 19.4. The Balaban J connectivity index is 1.76. The topological polar surface area (TPSA) is 29.9 Å². The Morgan fingerprint density at radius 1 is 0.963 bits per heavy atom. The van der Waals surface area contributed by atoms with Crippen LogP contribution in [0.3, 0.4) is 0 Å². The average Bonchev–Trinajstić information content (AvgIpc) is 2.96. The van der Waals surface area contributed by atoms with Crippen LogP contribution in [0, 0.1) is 24.4 Å². The van der Waals surface area contributed by atoms with Gasteiger partial charge in [-0.1, -0.05) is 0 Å². The summed E-state index contributed by atoms with van der Waals surface area (Å²) in [5.74, 6) is -3.03. The standard InChI is InChI=1S/C18H13F6N3/c1-10-6-17(18(22,23)24)26-27(10)13-4-2-12(3-5-13)25-9-14-15(20)7-11(19)8-16(14)21/h2-8,25H,9H2,1H3. The summed E-state index contributed by atoms with van der Waals surface area (Å²) in [6.45, 7) is 1.27. The number of hydrogen-bond donors (Lipinski definition) is 1. The molecule has 2 aromatic carbocycles. The van der Waals surface area contributed by atoms with E-state index in [1.165, 1.54) is 31.2 Å². The number of nitrogens with zero attached hydrogens (tertiary/aromatic N) is 2. The molecule has 0 saturated heterocycles. The lowest BCUT2D eigenvalue weighted by Gasteiger charge is -2.10. The van der Waals surface area contributed by atoms with Gasteiger partial charge in [0.2, 0.25) is 0 Å². The predicted octanol–water partition coefficient (Wildman–Crippen LogP) is 5.23. The Morgan fingerprint density at radius 2 is 1.56 bits per heavy atom. The summed E-state index contributed by atoms with van der Waals surface area (Å²) < 4.78 is 79.5. The van der Waals surface area contributed by atoms with E-state index in [2.05, 4.69) is 10.4 Å². The van der Waals surface area contributed by atoms with Gasteiger partial charge < -0.3 is 5.32 Å². The van der Waals surface area contributed by atoms with Crippen molar-refractivity contribution in [1.29, 1.82) is 0 Å². The van der Waals surface area contributed by atoms with Crippen LogP contribution < -0.4 is 5.32 Å². The normalized spacial score (nSPS) is 11.7. The van der Waals surface area contributed by atoms with Crippen LogP contribution in [-0.4, -0.2) is 9.78 Å². The molecule has 0 atom stereocenters. The number of nitrogens with one attached hydrogen (secondary N) is 1. The minimum Gasteiger partial charge on any atom is -0.381 e. The minimum atomic E-state index is -4.54. The van der Waals surface area contributed by atoms with Gasteiger partial charge in [-0.25, -0.2) is 17.9 Å². The van der Waals surface area contributed by atoms with Crippen molar-refractivity contribution in [3.05, 3.63) is 76.9 Å². The lowest BCUT2D eigenvalue weighted by atomic mass is 10.2. The fraction of sp³-hybridized carbons (Fsp3) is 0.167. The summed E-state index contributed by atoms with van der Waals surface area (Å²) in [5, 5.41) is 6.32. The van der Waals surface area contributed by atoms with Crippen molar-refractivity contribution in [3.8, 4) is 5.69 Å². The molecule has 0 bridgehead atoms. The van der Waals surface area contributed by atoms with E-state index in [0.717, 1.165) is 10.7 Å². The van der Waals surface area contributed by atoms with Crippen LogP contribution in [-0.2, 0) is 12.7 Å². The summed E-state index contributed by atoms with van der Waals surface area (Å²) in [6.07, 6.45) is -4.54. The van der Waals surface area contributed by atoms with E-state index in [1.54, 1.807) is 0 Å². The van der Waals surface area contributed by atoms with E-state index in [4.69, 9.17) is 0 Å². The lowest BCUT2D eigenvalue weighted by molar-refractivity contribution is -0.141. The van der Waals surface area contributed by atoms with Crippen molar-refractivity contribution in [1.82, 2.24) is 9.78 Å². The highest BCUT2D eigenvalue weighted by molar-refractivity contribution is 5.49. The monoisotopic (exact) mass is 385 g/mol. The molecular formula is C18H13F6N3. The largest absolute Gasteiger partial charge is 0.435 e. The number of halogens is 6. The number of benzene rings is 2. The number of hydrogen-bond acceptors (Lipinski definition) is 2. The number of aryl methyl sites for hydroxylation is 1. The van der Waals surface area contributed by atoms with Crippen LogP contribution in [0.5, 0.6) is 0 Å².